The minimum Gasteiger partial charge on any atom is -0.350 e. The van der Waals surface area contributed by atoms with E-state index in [1.54, 1.807) is 6.20 Å². The first-order valence-electron chi connectivity index (χ1n) is 10.9. The summed E-state index contributed by atoms with van der Waals surface area (Å²) >= 11 is 0. The Balaban J connectivity index is 1.21. The molecule has 4 rings (SSSR count). The summed E-state index contributed by atoms with van der Waals surface area (Å²) in [6, 6.07) is 6.51. The minimum absolute atomic E-state index is 0.135. The van der Waals surface area contributed by atoms with Crippen molar-refractivity contribution in [2.45, 2.75) is 57.5 Å². The summed E-state index contributed by atoms with van der Waals surface area (Å²) in [5.74, 6) is 1.31. The van der Waals surface area contributed by atoms with Crippen LogP contribution in [0.1, 0.15) is 50.6 Å². The van der Waals surface area contributed by atoms with Gasteiger partial charge in [0.1, 0.15) is 0 Å². The van der Waals surface area contributed by atoms with Crippen molar-refractivity contribution in [2.75, 3.05) is 32.7 Å². The van der Waals surface area contributed by atoms with Gasteiger partial charge in [-0.2, -0.15) is 0 Å². The van der Waals surface area contributed by atoms with Gasteiger partial charge in [0.15, 0.2) is 0 Å². The second-order valence-corrected chi connectivity index (χ2v) is 8.70. The van der Waals surface area contributed by atoms with Crippen molar-refractivity contribution in [1.82, 2.24) is 20.1 Å². The van der Waals surface area contributed by atoms with E-state index in [0.29, 0.717) is 12.6 Å². The van der Waals surface area contributed by atoms with E-state index in [1.807, 2.05) is 18.2 Å². The van der Waals surface area contributed by atoms with E-state index in [1.165, 1.54) is 51.7 Å². The zero-order chi connectivity index (χ0) is 18.5. The molecule has 2 saturated heterocycles. The van der Waals surface area contributed by atoms with Gasteiger partial charge in [-0.05, 0) is 76.2 Å². The van der Waals surface area contributed by atoms with E-state index in [2.05, 4.69) is 20.1 Å². The molecule has 2 aliphatic heterocycles. The summed E-state index contributed by atoms with van der Waals surface area (Å²) in [6.45, 7) is 6.45. The van der Waals surface area contributed by atoms with E-state index < -0.39 is 0 Å². The fourth-order valence-corrected chi connectivity index (χ4v) is 4.88. The van der Waals surface area contributed by atoms with Crippen LogP contribution in [-0.2, 0) is 11.3 Å². The Labute approximate surface area is 163 Å². The highest BCUT2D eigenvalue weighted by Gasteiger charge is 2.32. The van der Waals surface area contributed by atoms with Crippen LogP contribution >= 0.6 is 0 Å². The number of hydrogen-bond acceptors (Lipinski definition) is 4. The highest BCUT2D eigenvalue weighted by molar-refractivity contribution is 5.78. The van der Waals surface area contributed by atoms with Gasteiger partial charge < -0.3 is 10.2 Å². The van der Waals surface area contributed by atoms with Crippen molar-refractivity contribution >= 4 is 5.91 Å². The normalized spacial score (nSPS) is 25.9. The van der Waals surface area contributed by atoms with E-state index >= 15 is 0 Å². The van der Waals surface area contributed by atoms with E-state index in [9.17, 15) is 4.79 Å². The molecule has 0 radical (unpaired) electrons. The lowest BCUT2D eigenvalue weighted by Gasteiger charge is -2.43. The summed E-state index contributed by atoms with van der Waals surface area (Å²) in [5, 5.41) is 3.10. The second kappa shape index (κ2) is 9.16. The van der Waals surface area contributed by atoms with Gasteiger partial charge in [0.05, 0.1) is 18.2 Å². The first-order chi connectivity index (χ1) is 13.3. The fourth-order valence-electron chi connectivity index (χ4n) is 4.88. The molecule has 5 heteroatoms. The van der Waals surface area contributed by atoms with Crippen LogP contribution in [-0.4, -0.2) is 59.5 Å². The van der Waals surface area contributed by atoms with Crippen LogP contribution in [0.4, 0.5) is 0 Å². The standard InChI is InChI=1S/C22H34N4O/c27-22(24-15-20-8-1-2-11-23-20)19-7-4-12-26(17-19)21-9-13-25(14-10-21)16-18-5-3-6-18/h1-2,8,11,18-19,21H,3-7,9-10,12-17H2,(H,24,27). The predicted octanol–water partition coefficient (Wildman–Crippen LogP) is 2.67. The monoisotopic (exact) mass is 370 g/mol. The smallest absolute Gasteiger partial charge is 0.224 e. The van der Waals surface area contributed by atoms with Crippen LogP contribution in [0.5, 0.6) is 0 Å². The molecule has 1 aliphatic carbocycles. The lowest BCUT2D eigenvalue weighted by atomic mass is 9.84. The summed E-state index contributed by atoms with van der Waals surface area (Å²) in [6.07, 6.45) is 10.8. The minimum atomic E-state index is 0.135. The Morgan fingerprint density at radius 2 is 1.93 bits per heavy atom. The van der Waals surface area contributed by atoms with Gasteiger partial charge in [-0.25, -0.2) is 0 Å². The van der Waals surface area contributed by atoms with Crippen molar-refractivity contribution < 1.29 is 4.79 Å². The Morgan fingerprint density at radius 3 is 2.63 bits per heavy atom. The molecule has 1 saturated carbocycles. The molecule has 1 unspecified atom stereocenters. The van der Waals surface area contributed by atoms with Gasteiger partial charge in [0, 0.05) is 25.3 Å². The number of amides is 1. The van der Waals surface area contributed by atoms with Crippen LogP contribution in [0.15, 0.2) is 24.4 Å². The Morgan fingerprint density at radius 1 is 1.07 bits per heavy atom. The first kappa shape index (κ1) is 18.9. The molecule has 148 valence electrons. The lowest BCUT2D eigenvalue weighted by Crippen LogP contribution is -2.51. The summed E-state index contributed by atoms with van der Waals surface area (Å²) < 4.78 is 0. The maximum absolute atomic E-state index is 12.6. The van der Waals surface area contributed by atoms with Gasteiger partial charge >= 0.3 is 0 Å². The third-order valence-corrected chi connectivity index (χ3v) is 6.81. The van der Waals surface area contributed by atoms with Crippen molar-refractivity contribution in [2.24, 2.45) is 11.8 Å². The molecule has 1 amide bonds. The maximum atomic E-state index is 12.6. The zero-order valence-corrected chi connectivity index (χ0v) is 16.5. The molecule has 0 aromatic carbocycles. The zero-order valence-electron chi connectivity index (χ0n) is 16.5. The molecule has 1 aromatic rings. The largest absolute Gasteiger partial charge is 0.350 e. The SMILES string of the molecule is O=C(NCc1ccccn1)C1CCCN(C2CCN(CC3CCC3)CC2)C1. The highest BCUT2D eigenvalue weighted by atomic mass is 16.1. The van der Waals surface area contributed by atoms with Crippen molar-refractivity contribution in [1.29, 1.82) is 0 Å². The highest BCUT2D eigenvalue weighted by Crippen LogP contribution is 2.29. The average molecular weight is 371 g/mol. The third kappa shape index (κ3) is 5.08. The van der Waals surface area contributed by atoms with E-state index in [4.69, 9.17) is 0 Å². The quantitative estimate of drug-likeness (QED) is 0.836. The van der Waals surface area contributed by atoms with Crippen LogP contribution in [0.3, 0.4) is 0 Å². The summed E-state index contributed by atoms with van der Waals surface area (Å²) in [7, 11) is 0. The molecule has 3 aliphatic rings. The first-order valence-corrected chi connectivity index (χ1v) is 10.9. The number of nitrogens with one attached hydrogen (secondary N) is 1. The van der Waals surface area contributed by atoms with Gasteiger partial charge in [0.2, 0.25) is 5.91 Å². The van der Waals surface area contributed by atoms with Crippen LogP contribution in [0, 0.1) is 11.8 Å². The topological polar surface area (TPSA) is 48.5 Å². The molecular formula is C22H34N4O. The maximum Gasteiger partial charge on any atom is 0.224 e. The van der Waals surface area contributed by atoms with Crippen LogP contribution < -0.4 is 5.32 Å². The second-order valence-electron chi connectivity index (χ2n) is 8.70. The fraction of sp³-hybridized carbons (Fsp3) is 0.727. The Bertz CT molecular complexity index is 596. The molecule has 0 spiro atoms. The van der Waals surface area contributed by atoms with Crippen LogP contribution in [0.2, 0.25) is 0 Å². The molecule has 1 N–H and O–H groups in total. The molecular weight excluding hydrogens is 336 g/mol. The van der Waals surface area contributed by atoms with Crippen LogP contribution in [0.25, 0.3) is 0 Å². The van der Waals surface area contributed by atoms with Crippen molar-refractivity contribution in [3.05, 3.63) is 30.1 Å². The Kier molecular flexibility index (Phi) is 6.40. The number of rotatable bonds is 6. The predicted molar refractivity (Wildman–Crippen MR) is 107 cm³/mol. The van der Waals surface area contributed by atoms with Crippen molar-refractivity contribution in [3.8, 4) is 0 Å². The van der Waals surface area contributed by atoms with E-state index in [-0.39, 0.29) is 11.8 Å². The lowest BCUT2D eigenvalue weighted by molar-refractivity contribution is -0.127. The van der Waals surface area contributed by atoms with Crippen molar-refractivity contribution in [3.63, 3.8) is 0 Å². The summed E-state index contributed by atoms with van der Waals surface area (Å²) in [4.78, 5) is 22.2. The van der Waals surface area contributed by atoms with Gasteiger partial charge in [-0.3, -0.25) is 14.7 Å². The average Bonchev–Trinajstić information content (AvgIpc) is 2.70. The van der Waals surface area contributed by atoms with Gasteiger partial charge in [0.25, 0.3) is 0 Å². The van der Waals surface area contributed by atoms with Gasteiger partial charge in [-0.15, -0.1) is 0 Å². The summed E-state index contributed by atoms with van der Waals surface area (Å²) in [5.41, 5.74) is 0.928. The number of aromatic nitrogens is 1. The number of likely N-dealkylation sites (tertiary alicyclic amines) is 2. The molecule has 3 fully saturated rings. The third-order valence-electron chi connectivity index (χ3n) is 6.81. The number of nitrogens with zero attached hydrogens (tertiary/aromatic N) is 3. The molecule has 5 nitrogen and oxygen atoms in total. The number of pyridine rings is 1. The van der Waals surface area contributed by atoms with E-state index in [0.717, 1.165) is 37.5 Å². The molecule has 3 heterocycles. The Hall–Kier alpha value is -1.46. The molecule has 1 atom stereocenters. The molecule has 0 bridgehead atoms. The number of carbonyl (C=O) groups is 1. The number of carbonyl (C=O) groups excluding carboxylic acids is 1. The molecule has 27 heavy (non-hydrogen) atoms. The molecule has 1 aromatic heterocycles. The van der Waals surface area contributed by atoms with Gasteiger partial charge in [-0.1, -0.05) is 12.5 Å². The number of piperidine rings is 2. The number of hydrogen-bond donors (Lipinski definition) is 1.